The number of hydrogen-bond acceptors (Lipinski definition) is 12. The van der Waals surface area contributed by atoms with E-state index in [-0.39, 0.29) is 35.4 Å². The van der Waals surface area contributed by atoms with Crippen molar-refractivity contribution in [2.75, 3.05) is 39.2 Å². The van der Waals surface area contributed by atoms with Gasteiger partial charge in [0, 0.05) is 4.88 Å². The zero-order valence-corrected chi connectivity index (χ0v) is 27.8. The fourth-order valence-electron chi connectivity index (χ4n) is 4.66. The second kappa shape index (κ2) is 15.3. The van der Waals surface area contributed by atoms with Crippen LogP contribution in [-0.4, -0.2) is 70.7 Å². The summed E-state index contributed by atoms with van der Waals surface area (Å²) in [7, 11) is 4.02. The predicted molar refractivity (Wildman–Crippen MR) is 178 cm³/mol. The van der Waals surface area contributed by atoms with Crippen molar-refractivity contribution in [3.05, 3.63) is 86.7 Å². The number of fused-ring (bicyclic) bond motifs is 1. The summed E-state index contributed by atoms with van der Waals surface area (Å²) in [6.07, 6.45) is 2.58. The molecule has 0 saturated carbocycles. The van der Waals surface area contributed by atoms with Crippen LogP contribution < -0.4 is 10.1 Å². The van der Waals surface area contributed by atoms with E-state index in [9.17, 15) is 14.0 Å². The molecule has 5 rings (SSSR count). The number of halogens is 1. The number of anilines is 2. The van der Waals surface area contributed by atoms with Gasteiger partial charge in [-0.1, -0.05) is 29.5 Å². The zero-order chi connectivity index (χ0) is 32.6. The quantitative estimate of drug-likeness (QED) is 0.0742. The maximum Gasteiger partial charge on any atom is 0.358 e. The first-order valence-electron chi connectivity index (χ1n) is 15.0. The number of ether oxygens (including phenoxy) is 2. The van der Waals surface area contributed by atoms with Gasteiger partial charge in [0.05, 0.1) is 23.4 Å². The van der Waals surface area contributed by atoms with Gasteiger partial charge in [0.1, 0.15) is 5.69 Å². The number of esters is 1. The number of ketones is 1. The number of carbonyl (C=O) groups excluding carboxylic acids is 2. The molecule has 240 valence electrons. The van der Waals surface area contributed by atoms with Gasteiger partial charge in [-0.3, -0.25) is 4.79 Å². The zero-order valence-electron chi connectivity index (χ0n) is 26.1. The molecule has 0 fully saturated rings. The van der Waals surface area contributed by atoms with Gasteiger partial charge in [0.2, 0.25) is 5.78 Å². The van der Waals surface area contributed by atoms with Crippen LogP contribution in [0.15, 0.2) is 48.5 Å². The summed E-state index contributed by atoms with van der Waals surface area (Å²) in [5.74, 6) is -0.802. The van der Waals surface area contributed by atoms with Crippen molar-refractivity contribution in [2.45, 2.75) is 39.5 Å². The third-order valence-electron chi connectivity index (χ3n) is 6.97. The van der Waals surface area contributed by atoms with E-state index in [1.165, 1.54) is 17.4 Å². The largest absolute Gasteiger partial charge is 0.491 e. The van der Waals surface area contributed by atoms with Crippen molar-refractivity contribution >= 4 is 55.6 Å². The summed E-state index contributed by atoms with van der Waals surface area (Å²) in [6, 6.07) is 14.5. The lowest BCUT2D eigenvalue weighted by molar-refractivity contribution is 0.0519. The number of aromatic nitrogens is 4. The Balaban J connectivity index is 1.23. The van der Waals surface area contributed by atoms with Crippen LogP contribution >= 0.6 is 22.7 Å². The Morgan fingerprint density at radius 3 is 2.57 bits per heavy atom. The molecule has 0 bridgehead atoms. The topological polar surface area (TPSA) is 119 Å². The van der Waals surface area contributed by atoms with Gasteiger partial charge in [0.15, 0.2) is 33.2 Å². The van der Waals surface area contributed by atoms with Gasteiger partial charge in [-0.15, -0.1) is 21.5 Å². The molecule has 0 saturated heterocycles. The molecule has 0 unspecified atom stereocenters. The Bertz CT molecular complexity index is 1810. The van der Waals surface area contributed by atoms with E-state index in [4.69, 9.17) is 9.47 Å². The number of carbonyl (C=O) groups is 2. The molecular weight excluding hydrogens is 628 g/mol. The molecule has 2 aromatic carbocycles. The number of aryl methyl sites for hydroxylation is 3. The van der Waals surface area contributed by atoms with Gasteiger partial charge < -0.3 is 19.7 Å². The highest BCUT2D eigenvalue weighted by atomic mass is 32.1. The van der Waals surface area contributed by atoms with Crippen molar-refractivity contribution in [1.29, 1.82) is 0 Å². The molecule has 0 aliphatic carbocycles. The van der Waals surface area contributed by atoms with Crippen molar-refractivity contribution in [3.63, 3.8) is 0 Å². The molecule has 3 aromatic heterocycles. The molecule has 10 nitrogen and oxygen atoms in total. The van der Waals surface area contributed by atoms with Gasteiger partial charge in [0.25, 0.3) is 0 Å². The Morgan fingerprint density at radius 1 is 1.00 bits per heavy atom. The monoisotopic (exact) mass is 662 g/mol. The fraction of sp³-hybridized carbons (Fsp3) is 0.333. The average molecular weight is 663 g/mol. The molecule has 0 aliphatic rings. The summed E-state index contributed by atoms with van der Waals surface area (Å²) in [6.45, 7) is 4.84. The van der Waals surface area contributed by atoms with Gasteiger partial charge in [-0.2, -0.15) is 0 Å². The van der Waals surface area contributed by atoms with E-state index in [0.717, 1.165) is 46.5 Å². The van der Waals surface area contributed by atoms with Crippen LogP contribution in [0.3, 0.4) is 0 Å². The van der Waals surface area contributed by atoms with Crippen LogP contribution in [0.4, 0.5) is 15.3 Å². The van der Waals surface area contributed by atoms with E-state index in [0.29, 0.717) is 34.2 Å². The molecule has 0 radical (unpaired) electrons. The van der Waals surface area contributed by atoms with Crippen molar-refractivity contribution in [1.82, 2.24) is 25.1 Å². The summed E-state index contributed by atoms with van der Waals surface area (Å²) in [4.78, 5) is 37.7. The first-order valence-corrected chi connectivity index (χ1v) is 16.6. The van der Waals surface area contributed by atoms with Crippen LogP contribution in [0.1, 0.15) is 61.8 Å². The normalized spacial score (nSPS) is 11.3. The lowest BCUT2D eigenvalue weighted by Crippen LogP contribution is -2.13. The minimum atomic E-state index is -0.609. The molecule has 0 spiro atoms. The van der Waals surface area contributed by atoms with Gasteiger partial charge >= 0.3 is 5.97 Å². The Labute approximate surface area is 274 Å². The number of nitrogens with zero attached hydrogens (tertiary/aromatic N) is 5. The molecule has 13 heteroatoms. The van der Waals surface area contributed by atoms with Crippen LogP contribution in [0, 0.1) is 12.7 Å². The van der Waals surface area contributed by atoms with Crippen molar-refractivity contribution in [3.8, 4) is 5.75 Å². The number of benzene rings is 2. The Morgan fingerprint density at radius 2 is 1.83 bits per heavy atom. The average Bonchev–Trinajstić information content (AvgIpc) is 3.65. The SMILES string of the molecule is CCOC(=O)c1nc(C(=O)c2cc(C)c(Nc3nc4ccccc4s3)nn2)sc1CCCOc1ccc(CCCN(C)C)cc1F. The lowest BCUT2D eigenvalue weighted by Gasteiger charge is -2.11. The second-order valence-electron chi connectivity index (χ2n) is 10.8. The highest BCUT2D eigenvalue weighted by molar-refractivity contribution is 7.22. The van der Waals surface area contributed by atoms with E-state index in [1.807, 2.05) is 51.4 Å². The smallest absolute Gasteiger partial charge is 0.358 e. The molecule has 0 aliphatic heterocycles. The maximum absolute atomic E-state index is 14.6. The highest BCUT2D eigenvalue weighted by Gasteiger charge is 2.25. The molecule has 0 amide bonds. The van der Waals surface area contributed by atoms with Crippen LogP contribution in [0.5, 0.6) is 5.75 Å². The summed E-state index contributed by atoms with van der Waals surface area (Å²) >= 11 is 2.60. The van der Waals surface area contributed by atoms with Crippen molar-refractivity contribution < 1.29 is 23.5 Å². The Kier molecular flexibility index (Phi) is 11.0. The van der Waals surface area contributed by atoms with Crippen molar-refractivity contribution in [2.24, 2.45) is 0 Å². The first kappa shape index (κ1) is 33.0. The van der Waals surface area contributed by atoms with Crippen LogP contribution in [-0.2, 0) is 17.6 Å². The van der Waals surface area contributed by atoms with E-state index < -0.39 is 17.6 Å². The number of para-hydroxylation sites is 1. The molecule has 0 atom stereocenters. The molecule has 3 heterocycles. The molecule has 5 aromatic rings. The van der Waals surface area contributed by atoms with E-state index in [2.05, 4.69) is 30.4 Å². The van der Waals surface area contributed by atoms with Crippen LogP contribution in [0.25, 0.3) is 10.2 Å². The number of nitrogens with one attached hydrogen (secondary N) is 1. The second-order valence-corrected chi connectivity index (χ2v) is 13.0. The summed E-state index contributed by atoms with van der Waals surface area (Å²) < 4.78 is 26.6. The lowest BCUT2D eigenvalue weighted by atomic mass is 10.1. The highest BCUT2D eigenvalue weighted by Crippen LogP contribution is 2.29. The fourth-order valence-corrected chi connectivity index (χ4v) is 6.57. The Hall–Kier alpha value is -4.33. The summed E-state index contributed by atoms with van der Waals surface area (Å²) in [5, 5.41) is 12.3. The van der Waals surface area contributed by atoms with Gasteiger partial charge in [-0.05, 0) is 102 Å². The standard InChI is InChI=1S/C33H35FN6O4S2/c1-5-43-32(42)28-27(13-9-17-44-25-15-14-21(19-22(25)34)10-8-16-40(3)4)45-31(36-28)29(41)24-18-20(2)30(39-38-24)37-33-35-23-11-6-7-12-26(23)46-33/h6-7,11-12,14-15,18-19H,5,8-10,13,16-17H2,1-4H3,(H,35,37,39). The number of thiazole rings is 2. The third-order valence-corrected chi connectivity index (χ3v) is 9.04. The minimum Gasteiger partial charge on any atom is -0.491 e. The number of hydrogen-bond donors (Lipinski definition) is 1. The summed E-state index contributed by atoms with van der Waals surface area (Å²) in [5.41, 5.74) is 2.69. The molecule has 46 heavy (non-hydrogen) atoms. The van der Waals surface area contributed by atoms with Crippen LogP contribution in [0.2, 0.25) is 0 Å². The van der Waals surface area contributed by atoms with Gasteiger partial charge in [-0.25, -0.2) is 19.2 Å². The molecule has 1 N–H and O–H groups in total. The maximum atomic E-state index is 14.6. The third kappa shape index (κ3) is 8.27. The first-order chi connectivity index (χ1) is 22.2. The van der Waals surface area contributed by atoms with E-state index in [1.54, 1.807) is 19.1 Å². The number of rotatable bonds is 15. The van der Waals surface area contributed by atoms with E-state index >= 15 is 0 Å². The molecular formula is C33H35FN6O4S2. The predicted octanol–water partition coefficient (Wildman–Crippen LogP) is 6.65. The minimum absolute atomic E-state index is 0.0854.